The normalized spacial score (nSPS) is 11.8. The molecule has 0 aliphatic rings. The van der Waals surface area contributed by atoms with Gasteiger partial charge in [0, 0.05) is 7.05 Å². The second-order valence-electron chi connectivity index (χ2n) is 7.20. The standard InChI is InChI=1S/C23H28N4O3S/c1-6-17-8-10-18(11-9-17)30-16(3)22-25-26-23(27(22)4)31-14-21(28)24-19-13-15(2)7-12-20(19)29-5/h7-13,16H,6,14H2,1-5H3,(H,24,28)/t16-/m0/s1. The number of aryl methyl sites for hydroxylation is 2. The Balaban J connectivity index is 1.59. The van der Waals surface area contributed by atoms with Gasteiger partial charge in [-0.15, -0.1) is 10.2 Å². The number of benzene rings is 2. The molecule has 0 bridgehead atoms. The molecular formula is C23H28N4O3S. The zero-order valence-electron chi connectivity index (χ0n) is 18.5. The molecule has 1 atom stereocenters. The van der Waals surface area contributed by atoms with E-state index in [0.717, 1.165) is 17.7 Å². The molecule has 0 spiro atoms. The van der Waals surface area contributed by atoms with E-state index in [1.54, 1.807) is 7.11 Å². The van der Waals surface area contributed by atoms with Crippen molar-refractivity contribution in [1.29, 1.82) is 0 Å². The highest BCUT2D eigenvalue weighted by atomic mass is 32.2. The SMILES string of the molecule is CCc1ccc(O[C@@H](C)c2nnc(SCC(=O)Nc3cc(C)ccc3OC)n2C)cc1. The van der Waals surface area contributed by atoms with E-state index in [0.29, 0.717) is 22.4 Å². The molecule has 1 amide bonds. The second kappa shape index (κ2) is 10.3. The van der Waals surface area contributed by atoms with Gasteiger partial charge in [-0.05, 0) is 55.7 Å². The van der Waals surface area contributed by atoms with Crippen molar-refractivity contribution in [3.8, 4) is 11.5 Å². The average molecular weight is 441 g/mol. The van der Waals surface area contributed by atoms with E-state index in [9.17, 15) is 4.79 Å². The Morgan fingerprint density at radius 1 is 1.19 bits per heavy atom. The predicted octanol–water partition coefficient (Wildman–Crippen LogP) is 4.57. The number of rotatable bonds is 9. The summed E-state index contributed by atoms with van der Waals surface area (Å²) in [5.41, 5.74) is 2.96. The molecule has 0 radical (unpaired) electrons. The molecule has 0 saturated carbocycles. The zero-order valence-corrected chi connectivity index (χ0v) is 19.3. The Hall–Kier alpha value is -3.00. The van der Waals surface area contributed by atoms with Crippen molar-refractivity contribution in [2.45, 2.75) is 38.5 Å². The van der Waals surface area contributed by atoms with Crippen molar-refractivity contribution < 1.29 is 14.3 Å². The largest absolute Gasteiger partial charge is 0.495 e. The van der Waals surface area contributed by atoms with Gasteiger partial charge in [-0.1, -0.05) is 36.9 Å². The zero-order chi connectivity index (χ0) is 22.4. The van der Waals surface area contributed by atoms with Crippen LogP contribution in [0.25, 0.3) is 0 Å². The van der Waals surface area contributed by atoms with Crippen LogP contribution in [0.3, 0.4) is 0 Å². The topological polar surface area (TPSA) is 78.3 Å². The molecule has 1 N–H and O–H groups in total. The smallest absolute Gasteiger partial charge is 0.234 e. The van der Waals surface area contributed by atoms with E-state index < -0.39 is 0 Å². The third kappa shape index (κ3) is 5.79. The summed E-state index contributed by atoms with van der Waals surface area (Å²) in [6.07, 6.45) is 0.717. The van der Waals surface area contributed by atoms with Crippen molar-refractivity contribution >= 4 is 23.4 Å². The van der Waals surface area contributed by atoms with Crippen molar-refractivity contribution in [3.63, 3.8) is 0 Å². The van der Waals surface area contributed by atoms with Gasteiger partial charge in [0.15, 0.2) is 17.1 Å². The molecule has 3 aromatic rings. The summed E-state index contributed by atoms with van der Waals surface area (Å²) < 4.78 is 13.2. The molecule has 8 heteroatoms. The van der Waals surface area contributed by atoms with Crippen LogP contribution in [0.15, 0.2) is 47.6 Å². The van der Waals surface area contributed by atoms with E-state index in [4.69, 9.17) is 9.47 Å². The molecule has 3 rings (SSSR count). The van der Waals surface area contributed by atoms with Gasteiger partial charge >= 0.3 is 0 Å². The van der Waals surface area contributed by atoms with Crippen molar-refractivity contribution in [1.82, 2.24) is 14.8 Å². The van der Waals surface area contributed by atoms with Gasteiger partial charge in [0.1, 0.15) is 11.5 Å². The first-order valence-electron chi connectivity index (χ1n) is 10.1. The molecule has 1 aromatic heterocycles. The summed E-state index contributed by atoms with van der Waals surface area (Å²) >= 11 is 1.32. The summed E-state index contributed by atoms with van der Waals surface area (Å²) in [7, 11) is 3.46. The van der Waals surface area contributed by atoms with Crippen LogP contribution in [-0.4, -0.2) is 33.5 Å². The first kappa shape index (κ1) is 22.7. The third-order valence-electron chi connectivity index (χ3n) is 4.84. The Kier molecular flexibility index (Phi) is 7.57. The maximum atomic E-state index is 12.4. The highest BCUT2D eigenvalue weighted by molar-refractivity contribution is 7.99. The van der Waals surface area contributed by atoms with Gasteiger partial charge in [0.2, 0.25) is 5.91 Å². The Morgan fingerprint density at radius 2 is 1.94 bits per heavy atom. The third-order valence-corrected chi connectivity index (χ3v) is 5.86. The summed E-state index contributed by atoms with van der Waals surface area (Å²) in [5, 5.41) is 12.0. The fourth-order valence-electron chi connectivity index (χ4n) is 3.10. The van der Waals surface area contributed by atoms with Gasteiger partial charge in [-0.25, -0.2) is 0 Å². The monoisotopic (exact) mass is 440 g/mol. The van der Waals surface area contributed by atoms with Crippen molar-refractivity contribution in [2.24, 2.45) is 7.05 Å². The minimum absolute atomic E-state index is 0.140. The molecule has 0 unspecified atom stereocenters. The molecule has 2 aromatic carbocycles. The molecular weight excluding hydrogens is 412 g/mol. The van der Waals surface area contributed by atoms with Gasteiger partial charge in [-0.2, -0.15) is 0 Å². The van der Waals surface area contributed by atoms with E-state index in [2.05, 4.69) is 34.6 Å². The van der Waals surface area contributed by atoms with E-state index in [1.165, 1.54) is 17.3 Å². The number of hydrogen-bond acceptors (Lipinski definition) is 6. The number of nitrogens with zero attached hydrogens (tertiary/aromatic N) is 3. The molecule has 0 aliphatic carbocycles. The van der Waals surface area contributed by atoms with E-state index >= 15 is 0 Å². The number of carbonyl (C=O) groups is 1. The molecule has 1 heterocycles. The number of amides is 1. The first-order valence-corrected chi connectivity index (χ1v) is 11.1. The predicted molar refractivity (Wildman–Crippen MR) is 123 cm³/mol. The number of aromatic nitrogens is 3. The number of hydrogen-bond donors (Lipinski definition) is 1. The highest BCUT2D eigenvalue weighted by Crippen LogP contribution is 2.27. The van der Waals surface area contributed by atoms with E-state index in [-0.39, 0.29) is 17.8 Å². The molecule has 0 aliphatic heterocycles. The number of methoxy groups -OCH3 is 1. The van der Waals surface area contributed by atoms with Gasteiger partial charge < -0.3 is 19.4 Å². The molecule has 7 nitrogen and oxygen atoms in total. The second-order valence-corrected chi connectivity index (χ2v) is 8.14. The fourth-order valence-corrected chi connectivity index (χ4v) is 3.82. The number of anilines is 1. The molecule has 164 valence electrons. The quantitative estimate of drug-likeness (QED) is 0.491. The Bertz CT molecular complexity index is 1030. The number of thioether (sulfide) groups is 1. The number of ether oxygens (including phenoxy) is 2. The van der Waals surface area contributed by atoms with Crippen LogP contribution in [-0.2, 0) is 18.3 Å². The lowest BCUT2D eigenvalue weighted by molar-refractivity contribution is -0.113. The summed E-state index contributed by atoms with van der Waals surface area (Å²) in [5.74, 6) is 2.18. The maximum Gasteiger partial charge on any atom is 0.234 e. The van der Waals surface area contributed by atoms with Crippen molar-refractivity contribution in [3.05, 3.63) is 59.4 Å². The van der Waals surface area contributed by atoms with Crippen LogP contribution in [0.5, 0.6) is 11.5 Å². The lowest BCUT2D eigenvalue weighted by Gasteiger charge is -2.14. The van der Waals surface area contributed by atoms with Crippen molar-refractivity contribution in [2.75, 3.05) is 18.2 Å². The summed E-state index contributed by atoms with van der Waals surface area (Å²) in [4.78, 5) is 12.4. The minimum atomic E-state index is -0.273. The maximum absolute atomic E-state index is 12.4. The lowest BCUT2D eigenvalue weighted by Crippen LogP contribution is -2.15. The highest BCUT2D eigenvalue weighted by Gasteiger charge is 2.18. The molecule has 31 heavy (non-hydrogen) atoms. The van der Waals surface area contributed by atoms with Gasteiger partial charge in [0.25, 0.3) is 0 Å². The first-order chi connectivity index (χ1) is 14.9. The van der Waals surface area contributed by atoms with Gasteiger partial charge in [0.05, 0.1) is 18.6 Å². The average Bonchev–Trinajstić information content (AvgIpc) is 3.13. The molecule has 0 fully saturated rings. The van der Waals surface area contributed by atoms with E-state index in [1.807, 2.05) is 55.8 Å². The summed E-state index contributed by atoms with van der Waals surface area (Å²) in [6, 6.07) is 13.7. The number of carbonyl (C=O) groups excluding carboxylic acids is 1. The lowest BCUT2D eigenvalue weighted by atomic mass is 10.2. The number of nitrogens with one attached hydrogen (secondary N) is 1. The van der Waals surface area contributed by atoms with Crippen LogP contribution in [0, 0.1) is 6.92 Å². The van der Waals surface area contributed by atoms with Gasteiger partial charge in [-0.3, -0.25) is 4.79 Å². The Labute approximate surface area is 187 Å². The van der Waals surface area contributed by atoms with Crippen LogP contribution in [0.1, 0.15) is 36.9 Å². The molecule has 0 saturated heterocycles. The Morgan fingerprint density at radius 3 is 2.61 bits per heavy atom. The van der Waals surface area contributed by atoms with Crippen LogP contribution < -0.4 is 14.8 Å². The minimum Gasteiger partial charge on any atom is -0.495 e. The summed E-state index contributed by atoms with van der Waals surface area (Å²) in [6.45, 7) is 6.02. The van der Waals surface area contributed by atoms with Crippen LogP contribution >= 0.6 is 11.8 Å². The van der Waals surface area contributed by atoms with Crippen LogP contribution in [0.2, 0.25) is 0 Å². The fraction of sp³-hybridized carbons (Fsp3) is 0.348. The van der Waals surface area contributed by atoms with Crippen LogP contribution in [0.4, 0.5) is 5.69 Å².